The Hall–Kier alpha value is -2.45. The number of thiophene rings is 1. The van der Waals surface area contributed by atoms with E-state index in [0.717, 1.165) is 36.9 Å². The minimum absolute atomic E-state index is 0.138. The number of fused-ring (bicyclic) bond motifs is 1. The van der Waals surface area contributed by atoms with Crippen LogP contribution in [0.15, 0.2) is 24.3 Å². The predicted octanol–water partition coefficient (Wildman–Crippen LogP) is 4.57. The van der Waals surface area contributed by atoms with Crippen molar-refractivity contribution in [3.63, 3.8) is 0 Å². The van der Waals surface area contributed by atoms with Gasteiger partial charge in [-0.15, -0.1) is 11.3 Å². The highest BCUT2D eigenvalue weighted by Gasteiger charge is 2.25. The lowest BCUT2D eigenvalue weighted by Crippen LogP contribution is -2.20. The van der Waals surface area contributed by atoms with Crippen LogP contribution in [0.25, 0.3) is 0 Å². The number of methoxy groups -OCH3 is 1. The maximum atomic E-state index is 12.4. The zero-order chi connectivity index (χ0) is 20.1. The summed E-state index contributed by atoms with van der Waals surface area (Å²) in [5.74, 6) is -0.474. The van der Waals surface area contributed by atoms with Gasteiger partial charge in [-0.1, -0.05) is 12.5 Å². The monoisotopic (exact) mass is 417 g/mol. The highest BCUT2D eigenvalue weighted by atomic mass is 32.1. The Labute approximate surface area is 173 Å². The number of esters is 1. The van der Waals surface area contributed by atoms with Crippen molar-refractivity contribution < 1.29 is 14.3 Å². The maximum Gasteiger partial charge on any atom is 0.341 e. The van der Waals surface area contributed by atoms with Crippen LogP contribution in [0.5, 0.6) is 0 Å². The summed E-state index contributed by atoms with van der Waals surface area (Å²) in [6.07, 6.45) is 5.24. The molecule has 2 aromatic rings. The molecular formula is C20H23N3O3S2. The van der Waals surface area contributed by atoms with Gasteiger partial charge in [0.25, 0.3) is 0 Å². The number of hydrogen-bond acceptors (Lipinski definition) is 5. The first-order valence-corrected chi connectivity index (χ1v) is 10.4. The highest BCUT2D eigenvalue weighted by Crippen LogP contribution is 2.38. The number of rotatable bonds is 4. The van der Waals surface area contributed by atoms with Gasteiger partial charge in [0, 0.05) is 23.2 Å². The van der Waals surface area contributed by atoms with E-state index in [9.17, 15) is 9.59 Å². The number of benzene rings is 1. The van der Waals surface area contributed by atoms with Gasteiger partial charge in [0.2, 0.25) is 5.91 Å². The molecule has 6 nitrogen and oxygen atoms in total. The average Bonchev–Trinajstić information content (AvgIpc) is 2.81. The number of anilines is 3. The standard InChI is InChI=1S/C20H23N3O3S2/c1-12(24)21-13-7-6-8-14(11-13)22-20(27)23-18-17(19(25)26-2)15-9-4-3-5-10-16(15)28-18/h6-8,11H,3-5,9-10H2,1-2H3,(H,21,24)(H2,22,23,27). The van der Waals surface area contributed by atoms with E-state index in [1.807, 2.05) is 12.1 Å². The van der Waals surface area contributed by atoms with Gasteiger partial charge in [0.05, 0.1) is 12.7 Å². The van der Waals surface area contributed by atoms with Crippen molar-refractivity contribution in [3.8, 4) is 0 Å². The van der Waals surface area contributed by atoms with Crippen LogP contribution >= 0.6 is 23.6 Å². The van der Waals surface area contributed by atoms with E-state index in [0.29, 0.717) is 21.4 Å². The number of hydrogen-bond donors (Lipinski definition) is 3. The Bertz CT molecular complexity index is 908. The molecule has 28 heavy (non-hydrogen) atoms. The van der Waals surface area contributed by atoms with Crippen molar-refractivity contribution in [2.75, 3.05) is 23.1 Å². The quantitative estimate of drug-likeness (QED) is 0.384. The molecule has 0 unspecified atom stereocenters. The lowest BCUT2D eigenvalue weighted by molar-refractivity contribution is -0.114. The smallest absolute Gasteiger partial charge is 0.341 e. The number of nitrogens with one attached hydrogen (secondary N) is 3. The Morgan fingerprint density at radius 3 is 2.50 bits per heavy atom. The summed E-state index contributed by atoms with van der Waals surface area (Å²) in [6.45, 7) is 1.46. The molecule has 3 rings (SSSR count). The van der Waals surface area contributed by atoms with Gasteiger partial charge in [-0.25, -0.2) is 4.79 Å². The SMILES string of the molecule is COC(=O)c1c(NC(=S)Nc2cccc(NC(C)=O)c2)sc2c1CCCCC2. The van der Waals surface area contributed by atoms with Crippen LogP contribution in [-0.4, -0.2) is 24.1 Å². The normalized spacial score (nSPS) is 13.1. The lowest BCUT2D eigenvalue weighted by Gasteiger charge is -2.12. The summed E-state index contributed by atoms with van der Waals surface area (Å²) in [5.41, 5.74) is 3.10. The summed E-state index contributed by atoms with van der Waals surface area (Å²) in [4.78, 5) is 24.9. The van der Waals surface area contributed by atoms with E-state index in [-0.39, 0.29) is 11.9 Å². The zero-order valence-electron chi connectivity index (χ0n) is 15.9. The lowest BCUT2D eigenvalue weighted by atomic mass is 10.1. The van der Waals surface area contributed by atoms with Gasteiger partial charge >= 0.3 is 5.97 Å². The van der Waals surface area contributed by atoms with Crippen LogP contribution in [0.3, 0.4) is 0 Å². The van der Waals surface area contributed by atoms with Gasteiger partial charge in [0.15, 0.2) is 5.11 Å². The van der Waals surface area contributed by atoms with Gasteiger partial charge in [-0.3, -0.25) is 4.79 Å². The molecule has 1 heterocycles. The molecule has 0 saturated heterocycles. The molecule has 0 bridgehead atoms. The largest absolute Gasteiger partial charge is 0.465 e. The fourth-order valence-electron chi connectivity index (χ4n) is 3.29. The van der Waals surface area contributed by atoms with E-state index >= 15 is 0 Å². The molecule has 0 aliphatic heterocycles. The van der Waals surface area contributed by atoms with Crippen LogP contribution in [0.4, 0.5) is 16.4 Å². The molecule has 0 atom stereocenters. The maximum absolute atomic E-state index is 12.4. The van der Waals surface area contributed by atoms with Gasteiger partial charge < -0.3 is 20.7 Å². The van der Waals surface area contributed by atoms with Crippen LogP contribution in [0.1, 0.15) is 47.0 Å². The molecule has 1 aromatic heterocycles. The highest BCUT2D eigenvalue weighted by molar-refractivity contribution is 7.80. The second-order valence-electron chi connectivity index (χ2n) is 6.60. The summed E-state index contributed by atoms with van der Waals surface area (Å²) >= 11 is 7.02. The predicted molar refractivity (Wildman–Crippen MR) is 118 cm³/mol. The van der Waals surface area contributed by atoms with Gasteiger partial charge in [-0.05, 0) is 61.7 Å². The molecule has 1 amide bonds. The molecule has 0 saturated carbocycles. The topological polar surface area (TPSA) is 79.5 Å². The average molecular weight is 418 g/mol. The first kappa shape index (κ1) is 20.3. The molecule has 0 fully saturated rings. The summed E-state index contributed by atoms with van der Waals surface area (Å²) in [7, 11) is 1.40. The molecule has 8 heteroatoms. The van der Waals surface area contributed by atoms with Crippen molar-refractivity contribution in [2.24, 2.45) is 0 Å². The Morgan fingerprint density at radius 1 is 1.07 bits per heavy atom. The van der Waals surface area contributed by atoms with Crippen LogP contribution in [0, 0.1) is 0 Å². The first-order valence-electron chi connectivity index (χ1n) is 9.16. The molecule has 148 valence electrons. The van der Waals surface area contributed by atoms with Crippen LogP contribution in [-0.2, 0) is 22.4 Å². The summed E-state index contributed by atoms with van der Waals surface area (Å²) in [5, 5.41) is 10.1. The third-order valence-corrected chi connectivity index (χ3v) is 5.89. The van der Waals surface area contributed by atoms with Crippen molar-refractivity contribution in [1.29, 1.82) is 0 Å². The Balaban J connectivity index is 1.79. The summed E-state index contributed by atoms with van der Waals surface area (Å²) < 4.78 is 5.02. The summed E-state index contributed by atoms with van der Waals surface area (Å²) in [6, 6.07) is 7.27. The number of thiocarbonyl (C=S) groups is 1. The van der Waals surface area contributed by atoms with E-state index < -0.39 is 0 Å². The molecule has 1 aromatic carbocycles. The number of carbonyl (C=O) groups is 2. The molecule has 1 aliphatic rings. The first-order chi connectivity index (χ1) is 13.5. The van der Waals surface area contributed by atoms with Crippen molar-refractivity contribution in [1.82, 2.24) is 0 Å². The van der Waals surface area contributed by atoms with Gasteiger partial charge in [-0.2, -0.15) is 0 Å². The molecule has 1 aliphatic carbocycles. The number of ether oxygens (including phenoxy) is 1. The minimum Gasteiger partial charge on any atom is -0.465 e. The second kappa shape index (κ2) is 9.16. The van der Waals surface area contributed by atoms with Crippen molar-refractivity contribution in [3.05, 3.63) is 40.3 Å². The molecule has 0 spiro atoms. The van der Waals surface area contributed by atoms with Crippen molar-refractivity contribution in [2.45, 2.75) is 39.0 Å². The molecule has 3 N–H and O–H groups in total. The minimum atomic E-state index is -0.336. The molecular weight excluding hydrogens is 394 g/mol. The Morgan fingerprint density at radius 2 is 1.79 bits per heavy atom. The third kappa shape index (κ3) is 4.88. The number of carbonyl (C=O) groups excluding carboxylic acids is 2. The number of amides is 1. The van der Waals surface area contributed by atoms with Crippen LogP contribution in [0.2, 0.25) is 0 Å². The molecule has 0 radical (unpaired) electrons. The van der Waals surface area contributed by atoms with E-state index in [1.54, 1.807) is 23.5 Å². The van der Waals surface area contributed by atoms with E-state index in [2.05, 4.69) is 16.0 Å². The van der Waals surface area contributed by atoms with Gasteiger partial charge in [0.1, 0.15) is 5.00 Å². The van der Waals surface area contributed by atoms with E-state index in [1.165, 1.54) is 25.3 Å². The number of aryl methyl sites for hydroxylation is 1. The fraction of sp³-hybridized carbons (Fsp3) is 0.350. The second-order valence-corrected chi connectivity index (χ2v) is 8.11. The fourth-order valence-corrected chi connectivity index (χ4v) is 4.86. The third-order valence-electron chi connectivity index (χ3n) is 4.48. The Kier molecular flexibility index (Phi) is 6.64. The van der Waals surface area contributed by atoms with Crippen molar-refractivity contribution >= 4 is 56.9 Å². The van der Waals surface area contributed by atoms with E-state index in [4.69, 9.17) is 17.0 Å². The van der Waals surface area contributed by atoms with Crippen LogP contribution < -0.4 is 16.0 Å². The zero-order valence-corrected chi connectivity index (χ0v) is 17.5.